The predicted molar refractivity (Wildman–Crippen MR) is 164 cm³/mol. The summed E-state index contributed by atoms with van der Waals surface area (Å²) in [5, 5.41) is 14.2. The summed E-state index contributed by atoms with van der Waals surface area (Å²) < 4.78 is 71.4. The molecule has 2 N–H and O–H groups in total. The van der Waals surface area contributed by atoms with Crippen LogP contribution in [0.25, 0.3) is 10.9 Å². The van der Waals surface area contributed by atoms with E-state index in [9.17, 15) is 26.7 Å². The number of rotatable bonds is 12. The summed E-state index contributed by atoms with van der Waals surface area (Å²) in [5.74, 6) is -0.116. The minimum atomic E-state index is -4.00. The number of fused-ring (bicyclic) bond motifs is 1. The average Bonchev–Trinajstić information content (AvgIpc) is 3.41. The van der Waals surface area contributed by atoms with Crippen LogP contribution in [0.1, 0.15) is 26.2 Å². The minimum Gasteiger partial charge on any atom is -0.491 e. The maximum absolute atomic E-state index is 13.6. The number of nitrogens with one attached hydrogen (secondary N) is 1. The highest BCUT2D eigenvalue weighted by molar-refractivity contribution is 7.91. The molecule has 2 fully saturated rings. The van der Waals surface area contributed by atoms with Gasteiger partial charge < -0.3 is 29.2 Å². The number of aliphatic hydroxyl groups is 1. The molecule has 1 unspecified atom stereocenters. The molecule has 0 aliphatic carbocycles. The van der Waals surface area contributed by atoms with E-state index in [2.05, 4.69) is 5.32 Å². The van der Waals surface area contributed by atoms with Crippen molar-refractivity contribution in [3.05, 3.63) is 65.0 Å². The number of nitrogens with zero attached hydrogens (tertiary/aromatic N) is 2. The molecule has 240 valence electrons. The molecule has 1 spiro atoms. The molecule has 2 aliphatic rings. The first-order valence-electron chi connectivity index (χ1n) is 14.6. The van der Waals surface area contributed by atoms with E-state index in [1.165, 1.54) is 29.7 Å². The van der Waals surface area contributed by atoms with Crippen LogP contribution in [0.15, 0.2) is 69.3 Å². The lowest BCUT2D eigenvalue weighted by Crippen LogP contribution is -2.47. The van der Waals surface area contributed by atoms with Crippen LogP contribution in [0, 0.1) is 0 Å². The normalized spacial score (nSPS) is 19.8. The Hall–Kier alpha value is -2.85. The average molecular weight is 650 g/mol. The lowest BCUT2D eigenvalue weighted by atomic mass is 9.88. The van der Waals surface area contributed by atoms with Crippen molar-refractivity contribution in [2.75, 3.05) is 45.9 Å². The molecule has 5 rings (SSSR count). The summed E-state index contributed by atoms with van der Waals surface area (Å²) in [5.41, 5.74) is -0.265. The molecule has 2 saturated heterocycles. The van der Waals surface area contributed by atoms with Gasteiger partial charge >= 0.3 is 0 Å². The molecule has 3 aromatic rings. The van der Waals surface area contributed by atoms with Crippen LogP contribution in [0.5, 0.6) is 5.75 Å². The molecule has 2 aliphatic heterocycles. The fourth-order valence-electron chi connectivity index (χ4n) is 5.90. The van der Waals surface area contributed by atoms with Crippen LogP contribution < -0.4 is 15.5 Å². The maximum atomic E-state index is 13.6. The Labute approximate surface area is 257 Å². The van der Waals surface area contributed by atoms with Crippen molar-refractivity contribution in [1.82, 2.24) is 14.2 Å². The molecule has 12 nitrogen and oxygen atoms in total. The number of pyridine rings is 1. The monoisotopic (exact) mass is 649 g/mol. The smallest absolute Gasteiger partial charge is 0.248 e. The van der Waals surface area contributed by atoms with Gasteiger partial charge in [-0.3, -0.25) is 4.79 Å². The molecule has 0 amide bonds. The quantitative estimate of drug-likeness (QED) is 0.297. The SMILES string of the molecule is CCn1cc(S(=O)(=O)N2CCC3(CC2)C[C@@H](NCC(O)COc2cccc(S(=O)(=O)COC)c2)CO3)c(=O)c2ccccc21. The molecule has 2 aromatic carbocycles. The van der Waals surface area contributed by atoms with Crippen molar-refractivity contribution in [3.8, 4) is 5.75 Å². The summed E-state index contributed by atoms with van der Waals surface area (Å²) in [6, 6.07) is 13.0. The number of benzene rings is 2. The Morgan fingerprint density at radius 2 is 1.86 bits per heavy atom. The summed E-state index contributed by atoms with van der Waals surface area (Å²) in [6.45, 7) is 3.53. The highest BCUT2D eigenvalue weighted by atomic mass is 32.2. The van der Waals surface area contributed by atoms with Gasteiger partial charge in [0.05, 0.1) is 22.6 Å². The zero-order valence-electron chi connectivity index (χ0n) is 24.8. The van der Waals surface area contributed by atoms with E-state index >= 15 is 0 Å². The first-order chi connectivity index (χ1) is 21.0. The Balaban J connectivity index is 1.13. The van der Waals surface area contributed by atoms with E-state index < -0.39 is 42.9 Å². The molecule has 0 radical (unpaired) electrons. The highest BCUT2D eigenvalue weighted by Crippen LogP contribution is 2.37. The van der Waals surface area contributed by atoms with Crippen molar-refractivity contribution in [1.29, 1.82) is 0 Å². The largest absolute Gasteiger partial charge is 0.491 e. The first-order valence-corrected chi connectivity index (χ1v) is 17.7. The van der Waals surface area contributed by atoms with Gasteiger partial charge in [-0.15, -0.1) is 0 Å². The fourth-order valence-corrected chi connectivity index (χ4v) is 8.47. The molecular weight excluding hydrogens is 610 g/mol. The summed E-state index contributed by atoms with van der Waals surface area (Å²) >= 11 is 0. The Morgan fingerprint density at radius 3 is 2.59 bits per heavy atom. The van der Waals surface area contributed by atoms with E-state index in [1.807, 2.05) is 19.1 Å². The number of sulfonamides is 1. The number of para-hydroxylation sites is 1. The fraction of sp³-hybridized carbons (Fsp3) is 0.500. The third kappa shape index (κ3) is 6.86. The number of ether oxygens (including phenoxy) is 3. The summed E-state index contributed by atoms with van der Waals surface area (Å²) in [6.07, 6.45) is 2.24. The number of hydrogen-bond acceptors (Lipinski definition) is 10. The number of methoxy groups -OCH3 is 1. The lowest BCUT2D eigenvalue weighted by Gasteiger charge is -2.38. The summed E-state index contributed by atoms with van der Waals surface area (Å²) in [4.78, 5) is 13.1. The molecule has 0 bridgehead atoms. The van der Waals surface area contributed by atoms with Crippen LogP contribution in [0.3, 0.4) is 0 Å². The number of aliphatic hydroxyl groups excluding tert-OH is 1. The van der Waals surface area contributed by atoms with E-state index in [1.54, 1.807) is 28.8 Å². The number of hydrogen-bond donors (Lipinski definition) is 2. The molecule has 14 heteroatoms. The number of aryl methyl sites for hydroxylation is 1. The highest BCUT2D eigenvalue weighted by Gasteiger charge is 2.45. The van der Waals surface area contributed by atoms with Crippen molar-refractivity contribution < 1.29 is 36.2 Å². The van der Waals surface area contributed by atoms with Crippen molar-refractivity contribution in [2.45, 2.75) is 60.3 Å². The van der Waals surface area contributed by atoms with Crippen molar-refractivity contribution >= 4 is 30.8 Å². The van der Waals surface area contributed by atoms with Gasteiger partial charge in [0.2, 0.25) is 25.3 Å². The van der Waals surface area contributed by atoms with Gasteiger partial charge in [-0.25, -0.2) is 16.8 Å². The van der Waals surface area contributed by atoms with Gasteiger partial charge in [0.15, 0.2) is 5.94 Å². The Kier molecular flexibility index (Phi) is 9.80. The molecular formula is C30H39N3O9S2. The molecule has 0 saturated carbocycles. The van der Waals surface area contributed by atoms with Crippen molar-refractivity contribution in [3.63, 3.8) is 0 Å². The van der Waals surface area contributed by atoms with Crippen molar-refractivity contribution in [2.24, 2.45) is 0 Å². The zero-order chi connectivity index (χ0) is 31.5. The van der Waals surface area contributed by atoms with Gasteiger partial charge in [-0.1, -0.05) is 18.2 Å². The number of sulfone groups is 1. The molecule has 1 aromatic heterocycles. The second-order valence-electron chi connectivity index (χ2n) is 11.3. The van der Waals surface area contributed by atoms with Gasteiger partial charge in [0, 0.05) is 50.9 Å². The Morgan fingerprint density at radius 1 is 1.11 bits per heavy atom. The molecule has 2 atom stereocenters. The third-order valence-corrected chi connectivity index (χ3v) is 11.7. The van der Waals surface area contributed by atoms with Crippen LogP contribution in [-0.4, -0.2) is 94.5 Å². The van der Waals surface area contributed by atoms with E-state index in [4.69, 9.17) is 14.2 Å². The maximum Gasteiger partial charge on any atom is 0.248 e. The van der Waals surface area contributed by atoms with Crippen LogP contribution in [0.4, 0.5) is 0 Å². The molecule has 3 heterocycles. The number of piperidine rings is 1. The van der Waals surface area contributed by atoms with Gasteiger partial charge in [-0.05, 0) is 56.5 Å². The molecule has 44 heavy (non-hydrogen) atoms. The number of aromatic nitrogens is 1. The minimum absolute atomic E-state index is 0.0347. The third-order valence-electron chi connectivity index (χ3n) is 8.28. The Bertz CT molecular complexity index is 1750. The summed E-state index contributed by atoms with van der Waals surface area (Å²) in [7, 11) is -6.28. The second kappa shape index (κ2) is 13.3. The first kappa shape index (κ1) is 32.5. The van der Waals surface area contributed by atoms with Gasteiger partial charge in [0.25, 0.3) is 0 Å². The standard InChI is InChI=1S/C30H39N3O9S2/c1-3-32-18-28(29(35)26-9-4-5-10-27(26)32)44(38,39)33-13-11-30(12-14-33)16-22(19-42-30)31-17-23(34)20-41-24-7-6-8-25(15-24)43(36,37)21-40-2/h4-10,15,18,22-23,31,34H,3,11-14,16-17,19-21H2,1-2H3/t22-,23?/m1/s1. The van der Waals surface area contributed by atoms with Gasteiger partial charge in [0.1, 0.15) is 23.4 Å². The van der Waals surface area contributed by atoms with Crippen LogP contribution in [-0.2, 0) is 35.9 Å². The van der Waals surface area contributed by atoms with Crippen LogP contribution in [0.2, 0.25) is 0 Å². The predicted octanol–water partition coefficient (Wildman–Crippen LogP) is 1.74. The van der Waals surface area contributed by atoms with E-state index in [-0.39, 0.29) is 42.1 Å². The second-order valence-corrected chi connectivity index (χ2v) is 15.1. The lowest BCUT2D eigenvalue weighted by molar-refractivity contribution is -0.0312. The van der Waals surface area contributed by atoms with Gasteiger partial charge in [-0.2, -0.15) is 4.31 Å². The van der Waals surface area contributed by atoms with E-state index in [0.717, 1.165) is 0 Å². The van der Waals surface area contributed by atoms with Crippen LogP contribution >= 0.6 is 0 Å². The topological polar surface area (TPSA) is 153 Å². The van der Waals surface area contributed by atoms with E-state index in [0.29, 0.717) is 49.1 Å². The zero-order valence-corrected chi connectivity index (χ0v) is 26.5.